The molecular formula is C19H25N5O3. The number of benzene rings is 1. The lowest BCUT2D eigenvalue weighted by Crippen LogP contribution is -2.46. The minimum atomic E-state index is -0.417. The molecule has 1 atom stereocenters. The monoisotopic (exact) mass is 371 g/mol. The quantitative estimate of drug-likeness (QED) is 0.806. The molecule has 2 heterocycles. The van der Waals surface area contributed by atoms with E-state index in [4.69, 9.17) is 4.74 Å². The molecule has 8 heteroatoms. The number of amides is 2. The van der Waals surface area contributed by atoms with E-state index in [1.807, 2.05) is 19.1 Å². The van der Waals surface area contributed by atoms with Gasteiger partial charge in [0.15, 0.2) is 0 Å². The molecule has 3 rings (SSSR count). The normalized spacial score (nSPS) is 16.4. The number of para-hydroxylation sites is 2. The van der Waals surface area contributed by atoms with Gasteiger partial charge in [0, 0.05) is 0 Å². The van der Waals surface area contributed by atoms with Crippen LogP contribution in [0.4, 0.5) is 5.69 Å². The van der Waals surface area contributed by atoms with Gasteiger partial charge in [-0.25, -0.2) is 4.68 Å². The van der Waals surface area contributed by atoms with Gasteiger partial charge in [0.05, 0.1) is 30.7 Å². The van der Waals surface area contributed by atoms with Crippen molar-refractivity contribution in [3.8, 4) is 5.75 Å². The number of rotatable bonds is 7. The van der Waals surface area contributed by atoms with Gasteiger partial charge in [-0.05, 0) is 31.4 Å². The fraction of sp³-hybridized carbons (Fsp3) is 0.474. The van der Waals surface area contributed by atoms with Crippen molar-refractivity contribution in [2.45, 2.75) is 39.8 Å². The SMILES string of the molecule is CCOc1ccccc1NC(=O)CN1Cc2cnnn2C(CC(C)C)C1=O. The second-order valence-electron chi connectivity index (χ2n) is 6.99. The Morgan fingerprint density at radius 2 is 2.15 bits per heavy atom. The molecule has 0 bridgehead atoms. The van der Waals surface area contributed by atoms with Crippen molar-refractivity contribution in [2.75, 3.05) is 18.5 Å². The van der Waals surface area contributed by atoms with Crippen LogP contribution in [0.25, 0.3) is 0 Å². The Labute approximate surface area is 158 Å². The van der Waals surface area contributed by atoms with Crippen LogP contribution in [0.15, 0.2) is 30.5 Å². The van der Waals surface area contributed by atoms with Gasteiger partial charge in [0.2, 0.25) is 11.8 Å². The summed E-state index contributed by atoms with van der Waals surface area (Å²) in [5, 5.41) is 10.8. The molecule has 0 spiro atoms. The molecule has 1 aromatic carbocycles. The summed E-state index contributed by atoms with van der Waals surface area (Å²) in [6.45, 7) is 6.79. The standard InChI is InChI=1S/C19H25N5O3/c1-4-27-17-8-6-5-7-15(17)21-18(25)12-23-11-14-10-20-22-24(14)16(19(23)26)9-13(2)3/h5-8,10,13,16H,4,9,11-12H2,1-3H3,(H,21,25). The lowest BCUT2D eigenvalue weighted by molar-refractivity contribution is -0.141. The van der Waals surface area contributed by atoms with E-state index in [1.165, 1.54) is 0 Å². The molecule has 8 nitrogen and oxygen atoms in total. The van der Waals surface area contributed by atoms with Crippen molar-refractivity contribution in [3.63, 3.8) is 0 Å². The molecule has 0 fully saturated rings. The first-order valence-corrected chi connectivity index (χ1v) is 9.19. The summed E-state index contributed by atoms with van der Waals surface area (Å²) in [7, 11) is 0. The van der Waals surface area contributed by atoms with Crippen molar-refractivity contribution >= 4 is 17.5 Å². The molecular weight excluding hydrogens is 346 g/mol. The average molecular weight is 371 g/mol. The Hall–Kier alpha value is -2.90. The molecule has 27 heavy (non-hydrogen) atoms. The number of carbonyl (C=O) groups excluding carboxylic acids is 2. The van der Waals surface area contributed by atoms with Crippen molar-refractivity contribution in [1.82, 2.24) is 19.9 Å². The van der Waals surface area contributed by atoms with E-state index in [0.717, 1.165) is 5.69 Å². The Kier molecular flexibility index (Phi) is 5.73. The van der Waals surface area contributed by atoms with Crippen molar-refractivity contribution in [3.05, 3.63) is 36.2 Å². The van der Waals surface area contributed by atoms with Crippen molar-refractivity contribution in [1.29, 1.82) is 0 Å². The van der Waals surface area contributed by atoms with Gasteiger partial charge in [0.1, 0.15) is 18.3 Å². The zero-order valence-electron chi connectivity index (χ0n) is 15.9. The van der Waals surface area contributed by atoms with Crippen LogP contribution in [-0.2, 0) is 16.1 Å². The number of anilines is 1. The van der Waals surface area contributed by atoms with Gasteiger partial charge < -0.3 is 15.0 Å². The van der Waals surface area contributed by atoms with E-state index >= 15 is 0 Å². The van der Waals surface area contributed by atoms with Gasteiger partial charge >= 0.3 is 0 Å². The topological polar surface area (TPSA) is 89.3 Å². The van der Waals surface area contributed by atoms with E-state index in [9.17, 15) is 9.59 Å². The summed E-state index contributed by atoms with van der Waals surface area (Å²) in [4.78, 5) is 27.0. The van der Waals surface area contributed by atoms with Gasteiger partial charge in [-0.15, -0.1) is 5.10 Å². The second-order valence-corrected chi connectivity index (χ2v) is 6.99. The average Bonchev–Trinajstić information content (AvgIpc) is 3.08. The largest absolute Gasteiger partial charge is 0.492 e. The molecule has 1 aromatic heterocycles. The molecule has 2 amide bonds. The number of aromatic nitrogens is 3. The predicted molar refractivity (Wildman–Crippen MR) is 100 cm³/mol. The summed E-state index contributed by atoms with van der Waals surface area (Å²) in [6, 6.07) is 6.84. The van der Waals surface area contributed by atoms with Crippen LogP contribution >= 0.6 is 0 Å². The molecule has 1 unspecified atom stereocenters. The summed E-state index contributed by atoms with van der Waals surface area (Å²) in [5.41, 5.74) is 1.43. The fourth-order valence-corrected chi connectivity index (χ4v) is 3.22. The third kappa shape index (κ3) is 4.27. The number of ether oxygens (including phenoxy) is 1. The zero-order chi connectivity index (χ0) is 19.4. The van der Waals surface area contributed by atoms with Crippen LogP contribution in [0.2, 0.25) is 0 Å². The van der Waals surface area contributed by atoms with Gasteiger partial charge in [0.25, 0.3) is 0 Å². The molecule has 0 saturated heterocycles. The van der Waals surface area contributed by atoms with Gasteiger partial charge in [-0.1, -0.05) is 31.2 Å². The summed E-state index contributed by atoms with van der Waals surface area (Å²) < 4.78 is 7.21. The lowest BCUT2D eigenvalue weighted by Gasteiger charge is -2.33. The van der Waals surface area contributed by atoms with E-state index in [2.05, 4.69) is 29.5 Å². The van der Waals surface area contributed by atoms with Crippen LogP contribution in [0, 0.1) is 5.92 Å². The number of fused-ring (bicyclic) bond motifs is 1. The van der Waals surface area contributed by atoms with E-state index < -0.39 is 6.04 Å². The maximum absolute atomic E-state index is 12.9. The highest BCUT2D eigenvalue weighted by molar-refractivity contribution is 5.96. The van der Waals surface area contributed by atoms with Crippen LogP contribution in [0.1, 0.15) is 38.9 Å². The first-order valence-electron chi connectivity index (χ1n) is 9.19. The Balaban J connectivity index is 1.72. The highest BCUT2D eigenvalue weighted by atomic mass is 16.5. The van der Waals surface area contributed by atoms with Crippen LogP contribution < -0.4 is 10.1 Å². The number of hydrogen-bond acceptors (Lipinski definition) is 5. The number of nitrogens with one attached hydrogen (secondary N) is 1. The van der Waals surface area contributed by atoms with Crippen molar-refractivity contribution < 1.29 is 14.3 Å². The smallest absolute Gasteiger partial charge is 0.248 e. The molecule has 1 aliphatic rings. The minimum Gasteiger partial charge on any atom is -0.492 e. The Morgan fingerprint density at radius 1 is 1.37 bits per heavy atom. The van der Waals surface area contributed by atoms with Crippen LogP contribution in [0.5, 0.6) is 5.75 Å². The maximum Gasteiger partial charge on any atom is 0.248 e. The van der Waals surface area contributed by atoms with Crippen LogP contribution in [-0.4, -0.2) is 44.9 Å². The number of carbonyl (C=O) groups is 2. The number of nitrogens with zero attached hydrogens (tertiary/aromatic N) is 4. The van der Waals surface area contributed by atoms with E-state index in [-0.39, 0.29) is 18.4 Å². The molecule has 0 aliphatic carbocycles. The van der Waals surface area contributed by atoms with E-state index in [1.54, 1.807) is 27.9 Å². The summed E-state index contributed by atoms with van der Waals surface area (Å²) >= 11 is 0. The van der Waals surface area contributed by atoms with Gasteiger partial charge in [-0.2, -0.15) is 0 Å². The fourth-order valence-electron chi connectivity index (χ4n) is 3.22. The summed E-state index contributed by atoms with van der Waals surface area (Å²) in [5.74, 6) is 0.566. The Bertz CT molecular complexity index is 817. The van der Waals surface area contributed by atoms with Gasteiger partial charge in [-0.3, -0.25) is 9.59 Å². The first kappa shape index (κ1) is 18.9. The first-order chi connectivity index (χ1) is 13.0. The maximum atomic E-state index is 12.9. The summed E-state index contributed by atoms with van der Waals surface area (Å²) in [6.07, 6.45) is 2.30. The zero-order valence-corrected chi connectivity index (χ0v) is 15.9. The molecule has 0 saturated carbocycles. The van der Waals surface area contributed by atoms with Crippen molar-refractivity contribution in [2.24, 2.45) is 5.92 Å². The highest BCUT2D eigenvalue weighted by Gasteiger charge is 2.35. The van der Waals surface area contributed by atoms with E-state index in [0.29, 0.717) is 36.9 Å². The van der Waals surface area contributed by atoms with Crippen LogP contribution in [0.3, 0.4) is 0 Å². The Morgan fingerprint density at radius 3 is 2.89 bits per heavy atom. The molecule has 2 aromatic rings. The second kappa shape index (κ2) is 8.20. The minimum absolute atomic E-state index is 0.0287. The lowest BCUT2D eigenvalue weighted by atomic mass is 10.0. The molecule has 0 radical (unpaired) electrons. The third-order valence-corrected chi connectivity index (χ3v) is 4.38. The highest BCUT2D eigenvalue weighted by Crippen LogP contribution is 2.27. The molecule has 1 aliphatic heterocycles. The molecule has 144 valence electrons. The third-order valence-electron chi connectivity index (χ3n) is 4.38. The number of hydrogen-bond donors (Lipinski definition) is 1. The predicted octanol–water partition coefficient (Wildman–Crippen LogP) is 2.24. The molecule has 1 N–H and O–H groups in total.